The number of nitrogens with two attached hydrogens (primary N) is 1. The number of nitrogens with one attached hydrogen (secondary N) is 2. The van der Waals surface area contributed by atoms with E-state index in [-0.39, 0.29) is 21.2 Å². The highest BCUT2D eigenvalue weighted by atomic mass is 32.2. The minimum Gasteiger partial charge on any atom is -0.397 e. The lowest BCUT2D eigenvalue weighted by atomic mass is 10.0. The van der Waals surface area contributed by atoms with Crippen molar-refractivity contribution in [3.05, 3.63) is 102 Å². The van der Waals surface area contributed by atoms with Crippen LogP contribution < -0.4 is 11.1 Å². The van der Waals surface area contributed by atoms with E-state index in [9.17, 15) is 26.6 Å². The third-order valence-electron chi connectivity index (χ3n) is 5.29. The van der Waals surface area contributed by atoms with Crippen LogP contribution in [0, 0.1) is 10.6 Å². The standard InChI is InChI=1S/C25H18F4N4O2S/c26-18-6-1-15(2-7-18)17-5-11-21(30)22(13-17)33-24(34)16-3-8-19(9-4-16)36(31,35)20-10-12-23(32-14-20)25(27,28)29/h1-14,31H,30H2,(H,33,34). The molecule has 0 saturated heterocycles. The van der Waals surface area contributed by atoms with Crippen molar-refractivity contribution >= 4 is 27.0 Å². The molecule has 0 aliphatic rings. The van der Waals surface area contributed by atoms with E-state index in [1.54, 1.807) is 30.3 Å². The number of halogens is 4. The molecule has 4 N–H and O–H groups in total. The molecule has 0 aliphatic carbocycles. The number of carbonyl (C=O) groups is 1. The minimum absolute atomic E-state index is 0.00145. The first kappa shape index (κ1) is 24.9. The summed E-state index contributed by atoms with van der Waals surface area (Å²) in [6.07, 6.45) is -3.89. The molecule has 4 aromatic rings. The van der Waals surface area contributed by atoms with Gasteiger partial charge in [-0.2, -0.15) is 13.2 Å². The zero-order valence-corrected chi connectivity index (χ0v) is 19.2. The molecular formula is C25H18F4N4O2S. The van der Waals surface area contributed by atoms with Gasteiger partial charge in [-0.05, 0) is 71.8 Å². The van der Waals surface area contributed by atoms with E-state index in [2.05, 4.69) is 10.3 Å². The molecule has 1 aromatic heterocycles. The number of pyridine rings is 1. The van der Waals surface area contributed by atoms with Crippen LogP contribution in [-0.2, 0) is 15.9 Å². The van der Waals surface area contributed by atoms with E-state index >= 15 is 0 Å². The lowest BCUT2D eigenvalue weighted by molar-refractivity contribution is -0.141. The van der Waals surface area contributed by atoms with Gasteiger partial charge in [0.1, 0.15) is 21.2 Å². The second-order valence-corrected chi connectivity index (χ2v) is 9.78. The van der Waals surface area contributed by atoms with Gasteiger partial charge in [0.15, 0.2) is 0 Å². The van der Waals surface area contributed by atoms with Gasteiger partial charge in [0.25, 0.3) is 5.91 Å². The van der Waals surface area contributed by atoms with Crippen LogP contribution in [0.15, 0.2) is 94.9 Å². The fraction of sp³-hybridized carbons (Fsp3) is 0.0400. The second kappa shape index (κ2) is 9.42. The molecule has 184 valence electrons. The fourth-order valence-corrected chi connectivity index (χ4v) is 4.59. The van der Waals surface area contributed by atoms with Gasteiger partial charge in [0, 0.05) is 11.8 Å². The van der Waals surface area contributed by atoms with Crippen molar-refractivity contribution in [3.63, 3.8) is 0 Å². The molecule has 0 aliphatic heterocycles. The Labute approximate surface area is 203 Å². The van der Waals surface area contributed by atoms with Crippen LogP contribution in [0.2, 0.25) is 0 Å². The maximum absolute atomic E-state index is 13.2. The van der Waals surface area contributed by atoms with Crippen molar-refractivity contribution in [3.8, 4) is 11.1 Å². The first-order valence-electron chi connectivity index (χ1n) is 10.3. The van der Waals surface area contributed by atoms with Gasteiger partial charge >= 0.3 is 6.18 Å². The molecule has 3 aromatic carbocycles. The zero-order chi connectivity index (χ0) is 26.1. The van der Waals surface area contributed by atoms with Gasteiger partial charge in [-0.3, -0.25) is 9.78 Å². The number of anilines is 2. The van der Waals surface area contributed by atoms with Gasteiger partial charge in [-0.1, -0.05) is 18.2 Å². The van der Waals surface area contributed by atoms with Crippen molar-refractivity contribution in [2.45, 2.75) is 16.0 Å². The Hall–Kier alpha value is -4.25. The molecule has 4 rings (SSSR count). The van der Waals surface area contributed by atoms with Crippen LogP contribution >= 0.6 is 0 Å². The number of alkyl halides is 3. The number of carbonyl (C=O) groups excluding carboxylic acids is 1. The average molecular weight is 515 g/mol. The molecule has 0 spiro atoms. The van der Waals surface area contributed by atoms with Crippen LogP contribution in [0.3, 0.4) is 0 Å². The summed E-state index contributed by atoms with van der Waals surface area (Å²) in [7, 11) is -3.66. The van der Waals surface area contributed by atoms with Gasteiger partial charge < -0.3 is 11.1 Å². The van der Waals surface area contributed by atoms with Crippen LogP contribution in [-0.4, -0.2) is 15.1 Å². The van der Waals surface area contributed by atoms with E-state index in [0.29, 0.717) is 23.0 Å². The summed E-state index contributed by atoms with van der Waals surface area (Å²) in [5.74, 6) is -0.908. The monoisotopic (exact) mass is 514 g/mol. The van der Waals surface area contributed by atoms with E-state index in [1.165, 1.54) is 36.4 Å². The molecule has 0 fully saturated rings. The predicted molar refractivity (Wildman–Crippen MR) is 127 cm³/mol. The first-order valence-corrected chi connectivity index (χ1v) is 11.9. The molecule has 1 amide bonds. The Morgan fingerprint density at radius 1 is 0.889 bits per heavy atom. The molecule has 6 nitrogen and oxygen atoms in total. The van der Waals surface area contributed by atoms with Crippen LogP contribution in [0.5, 0.6) is 0 Å². The van der Waals surface area contributed by atoms with E-state index in [4.69, 9.17) is 10.5 Å². The highest BCUT2D eigenvalue weighted by Crippen LogP contribution is 2.30. The highest BCUT2D eigenvalue weighted by molar-refractivity contribution is 7.92. The van der Waals surface area contributed by atoms with Crippen molar-refractivity contribution < 1.29 is 26.6 Å². The third kappa shape index (κ3) is 5.20. The van der Waals surface area contributed by atoms with Crippen LogP contribution in [0.25, 0.3) is 11.1 Å². The molecule has 0 radical (unpaired) electrons. The van der Waals surface area contributed by atoms with Gasteiger partial charge in [-0.25, -0.2) is 13.4 Å². The Kier molecular flexibility index (Phi) is 6.51. The van der Waals surface area contributed by atoms with Crippen LogP contribution in [0.4, 0.5) is 28.9 Å². The van der Waals surface area contributed by atoms with Gasteiger partial charge in [0.2, 0.25) is 0 Å². The normalized spacial score (nSPS) is 13.1. The van der Waals surface area contributed by atoms with Crippen molar-refractivity contribution in [1.29, 1.82) is 4.78 Å². The number of rotatable bonds is 5. The molecule has 1 atom stereocenters. The Bertz CT molecular complexity index is 1520. The summed E-state index contributed by atoms with van der Waals surface area (Å²) in [5.41, 5.74) is 7.05. The summed E-state index contributed by atoms with van der Waals surface area (Å²) >= 11 is 0. The number of hydrogen-bond donors (Lipinski definition) is 3. The lowest BCUT2D eigenvalue weighted by Crippen LogP contribution is -2.13. The molecule has 1 heterocycles. The Morgan fingerprint density at radius 3 is 2.08 bits per heavy atom. The second-order valence-electron chi connectivity index (χ2n) is 7.72. The SMILES string of the molecule is N=S(=O)(c1ccc(C(=O)Nc2cc(-c3ccc(F)cc3)ccc2N)cc1)c1ccc(C(F)(F)F)nc1. The number of benzene rings is 3. The summed E-state index contributed by atoms with van der Waals surface area (Å²) in [5, 5.41) is 2.69. The van der Waals surface area contributed by atoms with E-state index in [0.717, 1.165) is 17.8 Å². The molecule has 0 bridgehead atoms. The van der Waals surface area contributed by atoms with E-state index in [1.807, 2.05) is 0 Å². The zero-order valence-electron chi connectivity index (χ0n) is 18.3. The van der Waals surface area contributed by atoms with Crippen LogP contribution in [0.1, 0.15) is 16.1 Å². The molecular weight excluding hydrogens is 496 g/mol. The quantitative estimate of drug-likeness (QED) is 0.217. The number of nitrogens with zero attached hydrogens (tertiary/aromatic N) is 1. The van der Waals surface area contributed by atoms with Gasteiger partial charge in [0.05, 0.1) is 21.2 Å². The maximum Gasteiger partial charge on any atom is 0.433 e. The van der Waals surface area contributed by atoms with Crippen molar-refractivity contribution in [2.24, 2.45) is 0 Å². The molecule has 36 heavy (non-hydrogen) atoms. The Morgan fingerprint density at radius 2 is 1.50 bits per heavy atom. The minimum atomic E-state index is -4.65. The third-order valence-corrected chi connectivity index (χ3v) is 7.13. The van der Waals surface area contributed by atoms with E-state index < -0.39 is 27.5 Å². The fourth-order valence-electron chi connectivity index (χ4n) is 3.33. The van der Waals surface area contributed by atoms with Crippen molar-refractivity contribution in [1.82, 2.24) is 4.98 Å². The maximum atomic E-state index is 13.2. The lowest BCUT2D eigenvalue weighted by Gasteiger charge is -2.12. The molecule has 0 saturated carbocycles. The highest BCUT2D eigenvalue weighted by Gasteiger charge is 2.32. The number of aromatic nitrogens is 1. The summed E-state index contributed by atoms with van der Waals surface area (Å²) in [6, 6.07) is 17.7. The van der Waals surface area contributed by atoms with Crippen molar-refractivity contribution in [2.75, 3.05) is 11.1 Å². The summed E-state index contributed by atoms with van der Waals surface area (Å²) in [6.45, 7) is 0. The summed E-state index contributed by atoms with van der Waals surface area (Å²) in [4.78, 5) is 15.8. The Balaban J connectivity index is 1.53. The first-order chi connectivity index (χ1) is 16.9. The topological polar surface area (TPSA) is 109 Å². The number of amides is 1. The largest absolute Gasteiger partial charge is 0.433 e. The molecule has 11 heteroatoms. The number of nitrogen functional groups attached to an aromatic ring is 1. The summed E-state index contributed by atoms with van der Waals surface area (Å²) < 4.78 is 72.6. The predicted octanol–water partition coefficient (Wildman–Crippen LogP) is 6.21. The molecule has 1 unspecified atom stereocenters. The smallest absolute Gasteiger partial charge is 0.397 e. The van der Waals surface area contributed by atoms with Gasteiger partial charge in [-0.15, -0.1) is 0 Å². The number of hydrogen-bond acceptors (Lipinski definition) is 5. The average Bonchev–Trinajstić information content (AvgIpc) is 2.85.